The minimum atomic E-state index is 0.368. The molecule has 0 fully saturated rings. The Bertz CT molecular complexity index is 401. The van der Waals surface area contributed by atoms with E-state index < -0.39 is 0 Å². The van der Waals surface area contributed by atoms with Crippen molar-refractivity contribution in [2.75, 3.05) is 20.0 Å². The molecule has 0 aliphatic rings. The van der Waals surface area contributed by atoms with Crippen LogP contribution in [0.2, 0.25) is 0 Å². The van der Waals surface area contributed by atoms with Gasteiger partial charge in [-0.25, -0.2) is 0 Å². The van der Waals surface area contributed by atoms with Crippen molar-refractivity contribution in [2.24, 2.45) is 0 Å². The predicted octanol–water partition coefficient (Wildman–Crippen LogP) is 3.66. The van der Waals surface area contributed by atoms with Crippen molar-refractivity contribution in [3.05, 3.63) is 17.7 Å². The molecule has 0 aromatic heterocycles. The Hall–Kier alpha value is -1.34. The topological polar surface area (TPSA) is 42.2 Å². The summed E-state index contributed by atoms with van der Waals surface area (Å²) in [6, 6.07) is 5.97. The largest absolute Gasteiger partial charge is 0.495 e. The highest BCUT2D eigenvalue weighted by Crippen LogP contribution is 2.39. The van der Waals surface area contributed by atoms with Gasteiger partial charge >= 0.3 is 0 Å². The first-order valence-electron chi connectivity index (χ1n) is 6.01. The summed E-state index contributed by atoms with van der Waals surface area (Å²) < 4.78 is 10.8. The van der Waals surface area contributed by atoms with Crippen molar-refractivity contribution in [1.82, 2.24) is 0 Å². The summed E-state index contributed by atoms with van der Waals surface area (Å²) in [6.45, 7) is 2.17. The molecule has 0 heterocycles. The van der Waals surface area contributed by atoms with E-state index in [1.54, 1.807) is 26.0 Å². The molecule has 0 aliphatic carbocycles. The maximum Gasteiger partial charge on any atom is 0.136 e. The van der Waals surface area contributed by atoms with Crippen molar-refractivity contribution in [1.29, 1.82) is 5.26 Å². The van der Waals surface area contributed by atoms with Gasteiger partial charge in [-0.2, -0.15) is 5.26 Å². The molecular weight excluding hydrogens is 246 g/mol. The molecule has 4 heteroatoms. The first-order valence-corrected chi connectivity index (χ1v) is 7.00. The number of benzene rings is 1. The molecule has 0 spiro atoms. The summed E-state index contributed by atoms with van der Waals surface area (Å²) in [6.07, 6.45) is 2.70. The molecular formula is C14H19NO2S. The highest BCUT2D eigenvalue weighted by molar-refractivity contribution is 7.99. The van der Waals surface area contributed by atoms with Gasteiger partial charge < -0.3 is 9.47 Å². The summed E-state index contributed by atoms with van der Waals surface area (Å²) >= 11 is 1.74. The second-order valence-corrected chi connectivity index (χ2v) is 4.97. The molecule has 0 saturated heterocycles. The smallest absolute Gasteiger partial charge is 0.136 e. The molecule has 0 atom stereocenters. The van der Waals surface area contributed by atoms with Crippen molar-refractivity contribution in [2.45, 2.75) is 31.1 Å². The lowest BCUT2D eigenvalue weighted by atomic mass is 10.1. The summed E-state index contributed by atoms with van der Waals surface area (Å²) in [5, 5.41) is 8.75. The van der Waals surface area contributed by atoms with E-state index in [1.165, 1.54) is 6.42 Å². The van der Waals surface area contributed by atoms with Gasteiger partial charge in [0.05, 0.1) is 31.6 Å². The second-order valence-electron chi connectivity index (χ2n) is 3.87. The highest BCUT2D eigenvalue weighted by Gasteiger charge is 2.12. The van der Waals surface area contributed by atoms with E-state index >= 15 is 0 Å². The van der Waals surface area contributed by atoms with Crippen LogP contribution in [0.1, 0.15) is 25.3 Å². The summed E-state index contributed by atoms with van der Waals surface area (Å²) in [7, 11) is 3.30. The van der Waals surface area contributed by atoms with E-state index in [1.807, 2.05) is 12.1 Å². The SMILES string of the molecule is CCCCSc1c(OC)cc(CC#N)cc1OC. The van der Waals surface area contributed by atoms with Crippen molar-refractivity contribution in [3.63, 3.8) is 0 Å². The zero-order valence-electron chi connectivity index (χ0n) is 11.2. The number of nitrogens with zero attached hydrogens (tertiary/aromatic N) is 1. The third-order valence-electron chi connectivity index (χ3n) is 2.55. The molecule has 0 N–H and O–H groups in total. The molecule has 0 bridgehead atoms. The van der Waals surface area contributed by atoms with Gasteiger partial charge in [0.2, 0.25) is 0 Å². The van der Waals surface area contributed by atoms with E-state index in [0.29, 0.717) is 6.42 Å². The Labute approximate surface area is 113 Å². The van der Waals surface area contributed by atoms with Crippen LogP contribution >= 0.6 is 11.8 Å². The lowest BCUT2D eigenvalue weighted by molar-refractivity contribution is 0.376. The Morgan fingerprint density at radius 3 is 2.28 bits per heavy atom. The lowest BCUT2D eigenvalue weighted by Gasteiger charge is -2.14. The molecule has 3 nitrogen and oxygen atoms in total. The second kappa shape index (κ2) is 7.88. The minimum Gasteiger partial charge on any atom is -0.495 e. The fourth-order valence-corrected chi connectivity index (χ4v) is 2.79. The van der Waals surface area contributed by atoms with Gasteiger partial charge in [0, 0.05) is 0 Å². The Morgan fingerprint density at radius 1 is 1.22 bits per heavy atom. The van der Waals surface area contributed by atoms with E-state index in [9.17, 15) is 0 Å². The maximum atomic E-state index is 8.75. The van der Waals surface area contributed by atoms with E-state index in [0.717, 1.165) is 34.1 Å². The number of hydrogen-bond donors (Lipinski definition) is 0. The van der Waals surface area contributed by atoms with Crippen molar-refractivity contribution >= 4 is 11.8 Å². The number of nitriles is 1. The van der Waals surface area contributed by atoms with Crippen LogP contribution in [-0.4, -0.2) is 20.0 Å². The van der Waals surface area contributed by atoms with Gasteiger partial charge in [0.1, 0.15) is 11.5 Å². The average molecular weight is 265 g/mol. The van der Waals surface area contributed by atoms with Crippen LogP contribution in [0.25, 0.3) is 0 Å². The van der Waals surface area contributed by atoms with Gasteiger partial charge in [0.15, 0.2) is 0 Å². The normalized spacial score (nSPS) is 9.89. The number of methoxy groups -OCH3 is 2. The van der Waals surface area contributed by atoms with Crippen LogP contribution in [0.15, 0.2) is 17.0 Å². The zero-order chi connectivity index (χ0) is 13.4. The summed E-state index contributed by atoms with van der Waals surface area (Å²) in [5.41, 5.74) is 0.922. The quantitative estimate of drug-likeness (QED) is 0.557. The molecule has 0 radical (unpaired) electrons. The van der Waals surface area contributed by atoms with Crippen LogP contribution in [0.5, 0.6) is 11.5 Å². The maximum absolute atomic E-state index is 8.75. The number of unbranched alkanes of at least 4 members (excludes halogenated alkanes) is 1. The van der Waals surface area contributed by atoms with Gasteiger partial charge in [-0.3, -0.25) is 0 Å². The van der Waals surface area contributed by atoms with Crippen LogP contribution in [0, 0.1) is 11.3 Å². The van der Waals surface area contributed by atoms with E-state index in [2.05, 4.69) is 13.0 Å². The van der Waals surface area contributed by atoms with Crippen LogP contribution < -0.4 is 9.47 Å². The van der Waals surface area contributed by atoms with Crippen LogP contribution in [0.3, 0.4) is 0 Å². The minimum absolute atomic E-state index is 0.368. The van der Waals surface area contributed by atoms with Crippen LogP contribution in [-0.2, 0) is 6.42 Å². The molecule has 0 unspecified atom stereocenters. The standard InChI is InChI=1S/C14H19NO2S/c1-4-5-8-18-14-12(16-2)9-11(6-7-15)10-13(14)17-3/h9-10H,4-6,8H2,1-3H3. The van der Waals surface area contributed by atoms with Crippen LogP contribution in [0.4, 0.5) is 0 Å². The summed E-state index contributed by atoms with van der Waals surface area (Å²) in [4.78, 5) is 1.02. The fourth-order valence-electron chi connectivity index (χ4n) is 1.59. The number of thioether (sulfide) groups is 1. The van der Waals surface area contributed by atoms with Gasteiger partial charge in [-0.15, -0.1) is 11.8 Å². The van der Waals surface area contributed by atoms with Gasteiger partial charge in [-0.05, 0) is 29.9 Å². The Morgan fingerprint density at radius 2 is 1.83 bits per heavy atom. The van der Waals surface area contributed by atoms with E-state index in [4.69, 9.17) is 14.7 Å². The molecule has 0 saturated carbocycles. The highest BCUT2D eigenvalue weighted by atomic mass is 32.2. The average Bonchev–Trinajstić information content (AvgIpc) is 2.40. The van der Waals surface area contributed by atoms with Gasteiger partial charge in [0.25, 0.3) is 0 Å². The lowest BCUT2D eigenvalue weighted by Crippen LogP contribution is -1.95. The predicted molar refractivity (Wildman–Crippen MR) is 74.5 cm³/mol. The first kappa shape index (κ1) is 14.7. The molecule has 98 valence electrons. The van der Waals surface area contributed by atoms with E-state index in [-0.39, 0.29) is 0 Å². The van der Waals surface area contributed by atoms with Gasteiger partial charge in [-0.1, -0.05) is 13.3 Å². The monoisotopic (exact) mass is 265 g/mol. The Balaban J connectivity index is 3.01. The van der Waals surface area contributed by atoms with Crippen molar-refractivity contribution in [3.8, 4) is 17.6 Å². The Kier molecular flexibility index (Phi) is 6.45. The number of rotatable bonds is 7. The molecule has 1 aromatic carbocycles. The first-order chi connectivity index (χ1) is 8.76. The molecule has 1 aromatic rings. The van der Waals surface area contributed by atoms with Crippen molar-refractivity contribution < 1.29 is 9.47 Å². The zero-order valence-corrected chi connectivity index (χ0v) is 12.0. The number of hydrogen-bond acceptors (Lipinski definition) is 4. The third kappa shape index (κ3) is 3.85. The number of ether oxygens (including phenoxy) is 2. The molecule has 0 amide bonds. The molecule has 18 heavy (non-hydrogen) atoms. The molecule has 1 rings (SSSR count). The molecule has 0 aliphatic heterocycles. The summed E-state index contributed by atoms with van der Waals surface area (Å²) in [5.74, 6) is 2.63. The fraction of sp³-hybridized carbons (Fsp3) is 0.500. The third-order valence-corrected chi connectivity index (χ3v) is 3.73.